The van der Waals surface area contributed by atoms with Gasteiger partial charge >= 0.3 is 0 Å². The number of nitrogens with two attached hydrogens (primary N) is 1. The second-order valence-corrected chi connectivity index (χ2v) is 5.52. The normalized spacial score (nSPS) is 36.2. The molecule has 1 rings (SSSR count). The van der Waals surface area contributed by atoms with Crippen LogP contribution in [0.25, 0.3) is 0 Å². The standard InChI is InChI=1S/C13H27NO/c1-4-7-13(15,9-14)12-6-5-10(2)11(3)8-12/h10-12,15H,4-9,14H2,1-3H3. The lowest BCUT2D eigenvalue weighted by Crippen LogP contribution is -2.47. The van der Waals surface area contributed by atoms with Crippen LogP contribution in [0.1, 0.15) is 52.9 Å². The van der Waals surface area contributed by atoms with Crippen molar-refractivity contribution in [3.63, 3.8) is 0 Å². The van der Waals surface area contributed by atoms with E-state index in [4.69, 9.17) is 5.73 Å². The molecule has 4 atom stereocenters. The molecule has 0 amide bonds. The predicted octanol–water partition coefficient (Wildman–Crippen LogP) is 2.55. The first kappa shape index (κ1) is 13.0. The first-order chi connectivity index (χ1) is 7.03. The highest BCUT2D eigenvalue weighted by Gasteiger charge is 2.38. The zero-order valence-corrected chi connectivity index (χ0v) is 10.5. The van der Waals surface area contributed by atoms with Crippen molar-refractivity contribution >= 4 is 0 Å². The molecule has 90 valence electrons. The fraction of sp³-hybridized carbons (Fsp3) is 1.00. The van der Waals surface area contributed by atoms with Crippen LogP contribution in [0.3, 0.4) is 0 Å². The number of aliphatic hydroxyl groups is 1. The summed E-state index contributed by atoms with van der Waals surface area (Å²) in [6.07, 6.45) is 5.43. The van der Waals surface area contributed by atoms with Gasteiger partial charge in [-0.15, -0.1) is 0 Å². The summed E-state index contributed by atoms with van der Waals surface area (Å²) < 4.78 is 0. The Morgan fingerprint density at radius 2 is 1.93 bits per heavy atom. The third-order valence-corrected chi connectivity index (χ3v) is 4.39. The average molecular weight is 213 g/mol. The smallest absolute Gasteiger partial charge is 0.0797 e. The van der Waals surface area contributed by atoms with Gasteiger partial charge in [0.25, 0.3) is 0 Å². The highest BCUT2D eigenvalue weighted by atomic mass is 16.3. The zero-order chi connectivity index (χ0) is 11.5. The topological polar surface area (TPSA) is 46.2 Å². The molecular formula is C13H27NO. The summed E-state index contributed by atoms with van der Waals surface area (Å²) in [5.74, 6) is 1.97. The van der Waals surface area contributed by atoms with E-state index < -0.39 is 5.60 Å². The highest BCUT2D eigenvalue weighted by Crippen LogP contribution is 2.40. The number of hydrogen-bond donors (Lipinski definition) is 2. The Bertz CT molecular complexity index is 195. The summed E-state index contributed by atoms with van der Waals surface area (Å²) in [5, 5.41) is 10.5. The lowest BCUT2D eigenvalue weighted by molar-refractivity contribution is -0.0464. The van der Waals surface area contributed by atoms with Crippen molar-refractivity contribution in [1.29, 1.82) is 0 Å². The van der Waals surface area contributed by atoms with Crippen molar-refractivity contribution in [1.82, 2.24) is 0 Å². The quantitative estimate of drug-likeness (QED) is 0.754. The second-order valence-electron chi connectivity index (χ2n) is 5.52. The molecule has 2 nitrogen and oxygen atoms in total. The minimum absolute atomic E-state index is 0.423. The van der Waals surface area contributed by atoms with Crippen LogP contribution < -0.4 is 5.73 Å². The van der Waals surface area contributed by atoms with Gasteiger partial charge in [0.15, 0.2) is 0 Å². The van der Waals surface area contributed by atoms with Crippen molar-refractivity contribution in [2.45, 2.75) is 58.5 Å². The molecule has 3 N–H and O–H groups in total. The zero-order valence-electron chi connectivity index (χ0n) is 10.5. The van der Waals surface area contributed by atoms with Crippen molar-refractivity contribution in [2.75, 3.05) is 6.54 Å². The number of rotatable bonds is 4. The van der Waals surface area contributed by atoms with Crippen molar-refractivity contribution in [2.24, 2.45) is 23.5 Å². The van der Waals surface area contributed by atoms with Gasteiger partial charge in [-0.3, -0.25) is 0 Å². The van der Waals surface area contributed by atoms with Crippen molar-refractivity contribution in [3.8, 4) is 0 Å². The SMILES string of the molecule is CCCC(O)(CN)C1CCC(C)C(C)C1. The molecule has 0 saturated heterocycles. The fourth-order valence-corrected chi connectivity index (χ4v) is 2.94. The van der Waals surface area contributed by atoms with Crippen molar-refractivity contribution in [3.05, 3.63) is 0 Å². The minimum atomic E-state index is -0.594. The van der Waals surface area contributed by atoms with Gasteiger partial charge < -0.3 is 10.8 Å². The third kappa shape index (κ3) is 2.94. The highest BCUT2D eigenvalue weighted by molar-refractivity contribution is 4.91. The van der Waals surface area contributed by atoms with E-state index in [1.807, 2.05) is 0 Å². The van der Waals surface area contributed by atoms with Gasteiger partial charge in [0.05, 0.1) is 5.60 Å². The molecule has 0 spiro atoms. The summed E-state index contributed by atoms with van der Waals surface area (Å²) >= 11 is 0. The lowest BCUT2D eigenvalue weighted by Gasteiger charge is -2.41. The monoisotopic (exact) mass is 213 g/mol. The van der Waals surface area contributed by atoms with Gasteiger partial charge in [0, 0.05) is 6.54 Å². The average Bonchev–Trinajstić information content (AvgIpc) is 2.22. The molecule has 0 aromatic heterocycles. The number of hydrogen-bond acceptors (Lipinski definition) is 2. The molecule has 1 aliphatic rings. The maximum Gasteiger partial charge on any atom is 0.0797 e. The minimum Gasteiger partial charge on any atom is -0.388 e. The Hall–Kier alpha value is -0.0800. The molecule has 0 bridgehead atoms. The van der Waals surface area contributed by atoms with Gasteiger partial charge in [-0.1, -0.05) is 33.6 Å². The van der Waals surface area contributed by atoms with Crippen LogP contribution >= 0.6 is 0 Å². The molecule has 0 aromatic carbocycles. The second kappa shape index (κ2) is 5.31. The van der Waals surface area contributed by atoms with E-state index in [2.05, 4.69) is 20.8 Å². The maximum absolute atomic E-state index is 10.5. The van der Waals surface area contributed by atoms with Crippen LogP contribution in [0.4, 0.5) is 0 Å². The fourth-order valence-electron chi connectivity index (χ4n) is 2.94. The molecule has 1 fully saturated rings. The maximum atomic E-state index is 10.5. The van der Waals surface area contributed by atoms with Gasteiger partial charge in [-0.25, -0.2) is 0 Å². The first-order valence-electron chi connectivity index (χ1n) is 6.46. The molecule has 1 saturated carbocycles. The molecular weight excluding hydrogens is 186 g/mol. The van der Waals surface area contributed by atoms with E-state index in [1.165, 1.54) is 6.42 Å². The van der Waals surface area contributed by atoms with Crippen LogP contribution in [0.15, 0.2) is 0 Å². The van der Waals surface area contributed by atoms with E-state index in [1.54, 1.807) is 0 Å². The molecule has 4 unspecified atom stereocenters. The summed E-state index contributed by atoms with van der Waals surface area (Å²) in [4.78, 5) is 0. The Labute approximate surface area is 94.2 Å². The van der Waals surface area contributed by atoms with Gasteiger partial charge in [-0.05, 0) is 37.0 Å². The Balaban J connectivity index is 2.61. The summed E-state index contributed by atoms with van der Waals surface area (Å²) in [6, 6.07) is 0. The molecule has 0 aromatic rings. The summed E-state index contributed by atoms with van der Waals surface area (Å²) in [7, 11) is 0. The van der Waals surface area contributed by atoms with E-state index in [0.29, 0.717) is 12.5 Å². The summed E-state index contributed by atoms with van der Waals surface area (Å²) in [6.45, 7) is 7.17. The first-order valence-corrected chi connectivity index (χ1v) is 6.46. The summed E-state index contributed by atoms with van der Waals surface area (Å²) in [5.41, 5.74) is 5.16. The third-order valence-electron chi connectivity index (χ3n) is 4.39. The van der Waals surface area contributed by atoms with Crippen molar-refractivity contribution < 1.29 is 5.11 Å². The van der Waals surface area contributed by atoms with Crippen LogP contribution in [0.5, 0.6) is 0 Å². The molecule has 2 heteroatoms. The lowest BCUT2D eigenvalue weighted by atomic mass is 9.68. The van der Waals surface area contributed by atoms with E-state index in [0.717, 1.165) is 37.5 Å². The van der Waals surface area contributed by atoms with Crippen LogP contribution in [0, 0.1) is 17.8 Å². The largest absolute Gasteiger partial charge is 0.388 e. The Morgan fingerprint density at radius 3 is 2.40 bits per heavy atom. The van der Waals surface area contributed by atoms with Crippen LogP contribution in [-0.2, 0) is 0 Å². The molecule has 0 aliphatic heterocycles. The Morgan fingerprint density at radius 1 is 1.27 bits per heavy atom. The Kier molecular flexibility index (Phi) is 4.60. The van der Waals surface area contributed by atoms with Gasteiger partial charge in [-0.2, -0.15) is 0 Å². The predicted molar refractivity (Wildman–Crippen MR) is 64.6 cm³/mol. The van der Waals surface area contributed by atoms with Crippen LogP contribution in [-0.4, -0.2) is 17.3 Å². The van der Waals surface area contributed by atoms with Crippen LogP contribution in [0.2, 0.25) is 0 Å². The van der Waals surface area contributed by atoms with Gasteiger partial charge in [0.2, 0.25) is 0 Å². The van der Waals surface area contributed by atoms with Gasteiger partial charge in [0.1, 0.15) is 0 Å². The van der Waals surface area contributed by atoms with E-state index in [9.17, 15) is 5.11 Å². The van der Waals surface area contributed by atoms with E-state index in [-0.39, 0.29) is 0 Å². The molecule has 1 aliphatic carbocycles. The molecule has 15 heavy (non-hydrogen) atoms. The molecule has 0 radical (unpaired) electrons. The molecule has 0 heterocycles. The van der Waals surface area contributed by atoms with E-state index >= 15 is 0 Å².